The predicted octanol–water partition coefficient (Wildman–Crippen LogP) is 6.57. The van der Waals surface area contributed by atoms with E-state index in [0.29, 0.717) is 18.3 Å². The Morgan fingerprint density at radius 2 is 1.61 bits per heavy atom. The molecule has 3 aromatic rings. The smallest absolute Gasteiger partial charge is 0.162 e. The molecule has 0 aliphatic rings. The largest absolute Gasteiger partial charge is 0.507 e. The lowest BCUT2D eigenvalue weighted by molar-refractivity contribution is 0.0978. The molecular weight excluding hydrogens is 348 g/mol. The van der Waals surface area contributed by atoms with Gasteiger partial charge in [-0.3, -0.25) is 9.59 Å². The van der Waals surface area contributed by atoms with Gasteiger partial charge in [-0.1, -0.05) is 75.1 Å². The number of benzene rings is 3. The zero-order valence-corrected chi connectivity index (χ0v) is 16.3. The molecule has 3 aromatic carbocycles. The van der Waals surface area contributed by atoms with E-state index in [-0.39, 0.29) is 11.5 Å². The Balaban J connectivity index is 1.73. The Hall–Kier alpha value is -2.94. The summed E-state index contributed by atoms with van der Waals surface area (Å²) in [7, 11) is 0. The van der Waals surface area contributed by atoms with Gasteiger partial charge in [0.05, 0.1) is 5.56 Å². The zero-order valence-electron chi connectivity index (χ0n) is 16.3. The van der Waals surface area contributed by atoms with Crippen LogP contribution in [0.5, 0.6) is 5.75 Å². The minimum atomic E-state index is -0.00666. The number of unbranched alkanes of at least 4 members (excludes halogenated alkanes) is 4. The fourth-order valence-corrected chi connectivity index (χ4v) is 3.53. The minimum Gasteiger partial charge on any atom is -0.507 e. The minimum absolute atomic E-state index is 0.00666. The van der Waals surface area contributed by atoms with Crippen LogP contribution < -0.4 is 0 Å². The van der Waals surface area contributed by atoms with Crippen LogP contribution in [0.3, 0.4) is 0 Å². The number of carbonyl (C=O) groups excluding carboxylic acids is 2. The monoisotopic (exact) mass is 374 g/mol. The van der Waals surface area contributed by atoms with Crippen molar-refractivity contribution in [2.24, 2.45) is 0 Å². The maximum absolute atomic E-state index is 12.3. The molecule has 0 fully saturated rings. The highest BCUT2D eigenvalue weighted by atomic mass is 16.3. The van der Waals surface area contributed by atoms with E-state index in [0.717, 1.165) is 40.3 Å². The van der Waals surface area contributed by atoms with Gasteiger partial charge in [-0.25, -0.2) is 0 Å². The van der Waals surface area contributed by atoms with E-state index in [2.05, 4.69) is 6.92 Å². The summed E-state index contributed by atoms with van der Waals surface area (Å²) >= 11 is 0. The summed E-state index contributed by atoms with van der Waals surface area (Å²) in [4.78, 5) is 23.6. The van der Waals surface area contributed by atoms with Gasteiger partial charge in [-0.05, 0) is 40.5 Å². The van der Waals surface area contributed by atoms with E-state index >= 15 is 0 Å². The van der Waals surface area contributed by atoms with Crippen molar-refractivity contribution in [3.8, 4) is 16.9 Å². The maximum atomic E-state index is 12.3. The van der Waals surface area contributed by atoms with Gasteiger partial charge < -0.3 is 5.11 Å². The molecule has 0 radical (unpaired) electrons. The normalized spacial score (nSPS) is 10.9. The van der Waals surface area contributed by atoms with Crippen molar-refractivity contribution in [3.05, 3.63) is 65.7 Å². The molecular formula is C25H26O3. The second-order valence-electron chi connectivity index (χ2n) is 7.22. The fraction of sp³-hybridized carbons (Fsp3) is 0.280. The molecule has 0 atom stereocenters. The third kappa shape index (κ3) is 4.48. The number of rotatable bonds is 9. The number of phenols is 1. The Labute approximate surface area is 166 Å². The third-order valence-electron chi connectivity index (χ3n) is 5.20. The topological polar surface area (TPSA) is 54.4 Å². The molecule has 0 aliphatic heterocycles. The number of ketones is 1. The molecule has 0 unspecified atom stereocenters. The lowest BCUT2D eigenvalue weighted by atomic mass is 9.96. The first-order valence-electron chi connectivity index (χ1n) is 9.98. The lowest BCUT2D eigenvalue weighted by Crippen LogP contribution is -1.98. The van der Waals surface area contributed by atoms with Crippen LogP contribution in [0.1, 0.15) is 66.2 Å². The number of phenolic OH excluding ortho intramolecular Hbond substituents is 1. The van der Waals surface area contributed by atoms with E-state index in [1.54, 1.807) is 6.07 Å². The second-order valence-corrected chi connectivity index (χ2v) is 7.22. The molecule has 0 saturated heterocycles. The first-order chi connectivity index (χ1) is 13.6. The molecule has 28 heavy (non-hydrogen) atoms. The van der Waals surface area contributed by atoms with Crippen LogP contribution in [0.15, 0.2) is 54.6 Å². The van der Waals surface area contributed by atoms with Crippen LogP contribution in [-0.4, -0.2) is 17.2 Å². The van der Waals surface area contributed by atoms with Gasteiger partial charge >= 0.3 is 0 Å². The van der Waals surface area contributed by atoms with Gasteiger partial charge in [0.25, 0.3) is 0 Å². The van der Waals surface area contributed by atoms with Crippen molar-refractivity contribution in [3.63, 3.8) is 0 Å². The van der Waals surface area contributed by atoms with Crippen LogP contribution in [-0.2, 0) is 0 Å². The summed E-state index contributed by atoms with van der Waals surface area (Å²) < 4.78 is 0. The first kappa shape index (κ1) is 19.8. The molecule has 0 amide bonds. The average Bonchev–Trinajstić information content (AvgIpc) is 2.73. The van der Waals surface area contributed by atoms with Crippen LogP contribution >= 0.6 is 0 Å². The molecule has 0 bridgehead atoms. The molecule has 3 nitrogen and oxygen atoms in total. The molecule has 0 aromatic heterocycles. The van der Waals surface area contributed by atoms with E-state index in [4.69, 9.17) is 0 Å². The summed E-state index contributed by atoms with van der Waals surface area (Å²) in [5.74, 6) is 0.195. The van der Waals surface area contributed by atoms with Crippen LogP contribution in [0.25, 0.3) is 21.9 Å². The number of hydrogen-bond acceptors (Lipinski definition) is 3. The summed E-state index contributed by atoms with van der Waals surface area (Å²) in [6, 6.07) is 16.8. The molecule has 144 valence electrons. The fourth-order valence-electron chi connectivity index (χ4n) is 3.53. The van der Waals surface area contributed by atoms with Crippen molar-refractivity contribution in [2.45, 2.75) is 45.4 Å². The van der Waals surface area contributed by atoms with Crippen molar-refractivity contribution >= 4 is 22.8 Å². The molecule has 0 heterocycles. The number of aromatic hydroxyl groups is 1. The molecule has 3 heteroatoms. The van der Waals surface area contributed by atoms with Crippen LogP contribution in [0.4, 0.5) is 0 Å². The Morgan fingerprint density at radius 3 is 2.32 bits per heavy atom. The Morgan fingerprint density at radius 1 is 0.893 bits per heavy atom. The highest BCUT2D eigenvalue weighted by molar-refractivity contribution is 6.02. The quantitative estimate of drug-likeness (QED) is 0.262. The van der Waals surface area contributed by atoms with E-state index in [1.165, 1.54) is 25.3 Å². The van der Waals surface area contributed by atoms with Gasteiger partial charge in [0, 0.05) is 12.0 Å². The standard InChI is InChI=1S/C25H26O3/c1-2-3-4-5-6-7-24(27)19-10-8-18(9-11-19)20-12-14-22-21(16-20)13-15-25(28)23(22)17-26/h8-17,28H,2-7H2,1H3. The van der Waals surface area contributed by atoms with Gasteiger partial charge in [0.15, 0.2) is 12.1 Å². The third-order valence-corrected chi connectivity index (χ3v) is 5.20. The van der Waals surface area contributed by atoms with Gasteiger partial charge in [-0.2, -0.15) is 0 Å². The van der Waals surface area contributed by atoms with Gasteiger partial charge in [0.2, 0.25) is 0 Å². The first-order valence-corrected chi connectivity index (χ1v) is 9.98. The SMILES string of the molecule is CCCCCCCC(=O)c1ccc(-c2ccc3c(C=O)c(O)ccc3c2)cc1. The predicted molar refractivity (Wildman–Crippen MR) is 114 cm³/mol. The van der Waals surface area contributed by atoms with Gasteiger partial charge in [0.1, 0.15) is 5.75 Å². The summed E-state index contributed by atoms with van der Waals surface area (Å²) in [5, 5.41) is 11.4. The second kappa shape index (κ2) is 9.32. The molecule has 0 spiro atoms. The summed E-state index contributed by atoms with van der Waals surface area (Å²) in [5.41, 5.74) is 3.09. The van der Waals surface area contributed by atoms with Crippen molar-refractivity contribution < 1.29 is 14.7 Å². The summed E-state index contributed by atoms with van der Waals surface area (Å²) in [6.45, 7) is 2.19. The van der Waals surface area contributed by atoms with Crippen LogP contribution in [0, 0.1) is 0 Å². The Bertz CT molecular complexity index is 971. The summed E-state index contributed by atoms with van der Waals surface area (Å²) in [6.07, 6.45) is 7.01. The average molecular weight is 374 g/mol. The maximum Gasteiger partial charge on any atom is 0.162 e. The highest BCUT2D eigenvalue weighted by Gasteiger charge is 2.09. The zero-order chi connectivity index (χ0) is 19.9. The Kier molecular flexibility index (Phi) is 6.59. The lowest BCUT2D eigenvalue weighted by Gasteiger charge is -2.08. The van der Waals surface area contributed by atoms with Crippen molar-refractivity contribution in [1.82, 2.24) is 0 Å². The number of aldehydes is 1. The molecule has 1 N–H and O–H groups in total. The molecule has 3 rings (SSSR count). The molecule has 0 saturated carbocycles. The van der Waals surface area contributed by atoms with E-state index in [9.17, 15) is 14.7 Å². The van der Waals surface area contributed by atoms with Gasteiger partial charge in [-0.15, -0.1) is 0 Å². The van der Waals surface area contributed by atoms with E-state index in [1.807, 2.05) is 42.5 Å². The molecule has 0 aliphatic carbocycles. The number of carbonyl (C=O) groups is 2. The van der Waals surface area contributed by atoms with Crippen LogP contribution in [0.2, 0.25) is 0 Å². The van der Waals surface area contributed by atoms with Crippen molar-refractivity contribution in [1.29, 1.82) is 0 Å². The number of Topliss-reactive ketones (excluding diaryl/α,β-unsaturated/α-hetero) is 1. The number of hydrogen-bond donors (Lipinski definition) is 1. The van der Waals surface area contributed by atoms with Crippen molar-refractivity contribution in [2.75, 3.05) is 0 Å². The number of fused-ring (bicyclic) bond motifs is 1. The van der Waals surface area contributed by atoms with E-state index < -0.39 is 0 Å². The highest BCUT2D eigenvalue weighted by Crippen LogP contribution is 2.30.